The van der Waals surface area contributed by atoms with Crippen molar-refractivity contribution in [2.24, 2.45) is 5.10 Å². The number of benzene rings is 2. The third kappa shape index (κ3) is 8.77. The van der Waals surface area contributed by atoms with Crippen molar-refractivity contribution in [3.05, 3.63) is 82.9 Å². The van der Waals surface area contributed by atoms with Crippen LogP contribution in [0.2, 0.25) is 0 Å². The summed E-state index contributed by atoms with van der Waals surface area (Å²) >= 11 is 0. The van der Waals surface area contributed by atoms with Gasteiger partial charge >= 0.3 is 12.1 Å². The van der Waals surface area contributed by atoms with Crippen LogP contribution in [0.5, 0.6) is 5.75 Å². The molecule has 0 amide bonds. The first-order chi connectivity index (χ1) is 24.1. The Morgan fingerprint density at radius 2 is 1.74 bits per heavy atom. The van der Waals surface area contributed by atoms with E-state index in [4.69, 9.17) is 24.1 Å². The molecule has 2 N–H and O–H groups in total. The van der Waals surface area contributed by atoms with E-state index in [1.54, 1.807) is 0 Å². The Morgan fingerprint density at radius 1 is 1.00 bits per heavy atom. The highest BCUT2D eigenvalue weighted by molar-refractivity contribution is 5.82. The summed E-state index contributed by atoms with van der Waals surface area (Å²) in [6.07, 6.45) is -0.378. The maximum Gasteiger partial charge on any atom is 0.417 e. The Kier molecular flexibility index (Phi) is 12.0. The van der Waals surface area contributed by atoms with Gasteiger partial charge in [0.1, 0.15) is 18.2 Å². The fourth-order valence-electron chi connectivity index (χ4n) is 4.93. The maximum atomic E-state index is 14.5. The number of rotatable bonds is 16. The molecule has 3 heterocycles. The summed E-state index contributed by atoms with van der Waals surface area (Å²) in [5, 5.41) is 14.4. The summed E-state index contributed by atoms with van der Waals surface area (Å²) < 4.78 is 91.9. The second kappa shape index (κ2) is 16.6. The fraction of sp³-hybridized carbons (Fsp3) is 0.364. The topological polar surface area (TPSA) is 144 Å². The number of nitrogens with zero attached hydrogens (tertiary/aromatic N) is 5. The number of aromatic amines is 1. The van der Waals surface area contributed by atoms with Crippen LogP contribution in [0.1, 0.15) is 41.9 Å². The molecule has 0 spiro atoms. The lowest BCUT2D eigenvalue weighted by atomic mass is 10.0. The van der Waals surface area contributed by atoms with E-state index >= 15 is 0 Å². The molecule has 1 atom stereocenters. The normalized spacial score (nSPS) is 13.3. The van der Waals surface area contributed by atoms with Crippen LogP contribution < -0.4 is 4.74 Å². The second-order valence-electron chi connectivity index (χ2n) is 10.8. The standard InChI is InChI=1S/C33H33F5N6O6/c1-2-9-49-21-6-7-22(24(15-21)33(36,37)38)30-39-16-20(17-40-30)29(32(46)50-14-13-48-12-11-47-10-8-45)44-19-27-26(18-41-44)42-31(43-27)23-4-3-5-25(34)28(23)35/h3-7,15-18,29,45H,2,8-14,19H2,1H3,(H,42,43). The first-order valence-electron chi connectivity index (χ1n) is 15.5. The van der Waals surface area contributed by atoms with Crippen LogP contribution in [0, 0.1) is 11.6 Å². The van der Waals surface area contributed by atoms with Gasteiger partial charge in [-0.25, -0.2) is 28.5 Å². The van der Waals surface area contributed by atoms with Crippen LogP contribution in [0.25, 0.3) is 22.8 Å². The van der Waals surface area contributed by atoms with Gasteiger partial charge in [0, 0.05) is 23.5 Å². The van der Waals surface area contributed by atoms with Crippen LogP contribution in [0.3, 0.4) is 0 Å². The Labute approximate surface area is 282 Å². The first kappa shape index (κ1) is 36.3. The molecular weight excluding hydrogens is 671 g/mol. The molecule has 0 saturated heterocycles. The monoisotopic (exact) mass is 704 g/mol. The maximum absolute atomic E-state index is 14.5. The predicted octanol–water partition coefficient (Wildman–Crippen LogP) is 5.08. The zero-order valence-electron chi connectivity index (χ0n) is 26.8. The molecule has 4 aromatic rings. The van der Waals surface area contributed by atoms with Crippen LogP contribution in [-0.2, 0) is 31.7 Å². The van der Waals surface area contributed by atoms with E-state index in [2.05, 4.69) is 25.0 Å². The number of halogens is 5. The number of ether oxygens (including phenoxy) is 4. The molecule has 50 heavy (non-hydrogen) atoms. The average Bonchev–Trinajstić information content (AvgIpc) is 3.53. The number of fused-ring (bicyclic) bond motifs is 1. The van der Waals surface area contributed by atoms with Crippen molar-refractivity contribution in [2.45, 2.75) is 32.1 Å². The Hall–Kier alpha value is -5.00. The highest BCUT2D eigenvalue weighted by Gasteiger charge is 2.36. The van der Waals surface area contributed by atoms with E-state index in [1.807, 2.05) is 6.92 Å². The van der Waals surface area contributed by atoms with E-state index in [0.29, 0.717) is 17.8 Å². The van der Waals surface area contributed by atoms with Gasteiger partial charge in [-0.1, -0.05) is 13.0 Å². The average molecular weight is 705 g/mol. The van der Waals surface area contributed by atoms with E-state index in [9.17, 15) is 26.7 Å². The third-order valence-electron chi connectivity index (χ3n) is 7.26. The number of H-pyrrole nitrogens is 1. The van der Waals surface area contributed by atoms with Crippen molar-refractivity contribution in [1.29, 1.82) is 0 Å². The number of hydrazone groups is 1. The lowest BCUT2D eigenvalue weighted by Crippen LogP contribution is -2.34. The van der Waals surface area contributed by atoms with Crippen molar-refractivity contribution in [2.75, 3.05) is 46.2 Å². The number of hydrogen-bond donors (Lipinski definition) is 2. The number of nitrogens with one attached hydrogen (secondary N) is 1. The summed E-state index contributed by atoms with van der Waals surface area (Å²) in [4.78, 5) is 29.2. The Bertz CT molecular complexity index is 1790. The Morgan fingerprint density at radius 3 is 2.46 bits per heavy atom. The van der Waals surface area contributed by atoms with Crippen molar-refractivity contribution >= 4 is 12.2 Å². The number of aromatic nitrogens is 4. The minimum absolute atomic E-state index is 0.0178. The molecule has 2 aromatic carbocycles. The Balaban J connectivity index is 1.39. The molecule has 17 heteroatoms. The molecule has 0 radical (unpaired) electrons. The number of hydrogen-bond acceptors (Lipinski definition) is 11. The van der Waals surface area contributed by atoms with Crippen molar-refractivity contribution in [3.8, 4) is 28.5 Å². The number of alkyl halides is 3. The molecule has 12 nitrogen and oxygen atoms in total. The van der Waals surface area contributed by atoms with Gasteiger partial charge in [-0.05, 0) is 36.8 Å². The van der Waals surface area contributed by atoms with E-state index in [0.717, 1.165) is 12.1 Å². The number of esters is 1. The minimum atomic E-state index is -4.74. The van der Waals surface area contributed by atoms with Crippen molar-refractivity contribution < 1.29 is 50.8 Å². The van der Waals surface area contributed by atoms with Crippen molar-refractivity contribution in [1.82, 2.24) is 24.9 Å². The van der Waals surface area contributed by atoms with Gasteiger partial charge in [0.15, 0.2) is 23.5 Å². The van der Waals surface area contributed by atoms with E-state index < -0.39 is 35.4 Å². The minimum Gasteiger partial charge on any atom is -0.494 e. The van der Waals surface area contributed by atoms with Crippen LogP contribution in [-0.4, -0.2) is 88.5 Å². The zero-order valence-corrected chi connectivity index (χ0v) is 26.8. The number of carbonyl (C=O) groups excluding carboxylic acids is 1. The number of carbonyl (C=O) groups is 1. The van der Waals surface area contributed by atoms with Crippen molar-refractivity contribution in [3.63, 3.8) is 0 Å². The molecule has 266 valence electrons. The molecule has 2 aromatic heterocycles. The van der Waals surface area contributed by atoms with Gasteiger partial charge in [0.25, 0.3) is 0 Å². The van der Waals surface area contributed by atoms with Gasteiger partial charge in [-0.2, -0.15) is 18.3 Å². The number of aliphatic hydroxyl groups is 1. The van der Waals surface area contributed by atoms with Gasteiger partial charge in [-0.15, -0.1) is 0 Å². The lowest BCUT2D eigenvalue weighted by Gasteiger charge is -2.29. The molecule has 5 rings (SSSR count). The summed E-state index contributed by atoms with van der Waals surface area (Å²) in [5.41, 5.74) is -0.512. The molecule has 0 aliphatic carbocycles. The summed E-state index contributed by atoms with van der Waals surface area (Å²) in [7, 11) is 0. The van der Waals surface area contributed by atoms with Crippen LogP contribution in [0.15, 0.2) is 53.9 Å². The molecule has 1 aliphatic heterocycles. The van der Waals surface area contributed by atoms with E-state index in [-0.39, 0.29) is 86.9 Å². The lowest BCUT2D eigenvalue weighted by molar-refractivity contribution is -0.152. The van der Waals surface area contributed by atoms with Gasteiger partial charge < -0.3 is 29.0 Å². The third-order valence-corrected chi connectivity index (χ3v) is 7.26. The predicted molar refractivity (Wildman–Crippen MR) is 168 cm³/mol. The molecule has 0 saturated carbocycles. The molecule has 0 bridgehead atoms. The molecule has 1 unspecified atom stereocenters. The SMILES string of the molecule is CCCOc1ccc(-c2ncc(C(C(=O)OCCOCCOCCO)N3Cc4nc(-c5cccc(F)c5F)[nH]c4C=N3)cn2)c(C(F)(F)F)c1. The van der Waals surface area contributed by atoms with Gasteiger partial charge in [0.05, 0.1) is 74.9 Å². The summed E-state index contributed by atoms with van der Waals surface area (Å²) in [6, 6.07) is 5.88. The smallest absolute Gasteiger partial charge is 0.417 e. The zero-order chi connectivity index (χ0) is 35.7. The quantitative estimate of drug-likeness (QED) is 0.0921. The van der Waals surface area contributed by atoms with Gasteiger partial charge in [-0.3, -0.25) is 5.01 Å². The second-order valence-corrected chi connectivity index (χ2v) is 10.8. The molecular formula is C33H33F5N6O6. The molecule has 0 fully saturated rings. The fourth-order valence-corrected chi connectivity index (χ4v) is 4.93. The molecule has 1 aliphatic rings. The van der Waals surface area contributed by atoms with E-state index in [1.165, 1.54) is 47.9 Å². The summed E-state index contributed by atoms with van der Waals surface area (Å²) in [5.74, 6) is -3.10. The van der Waals surface area contributed by atoms with Gasteiger partial charge in [0.2, 0.25) is 0 Å². The summed E-state index contributed by atoms with van der Waals surface area (Å²) in [6.45, 7) is 2.27. The number of imidazole rings is 1. The van der Waals surface area contributed by atoms with Crippen LogP contribution >= 0.6 is 0 Å². The highest BCUT2D eigenvalue weighted by Crippen LogP contribution is 2.38. The largest absolute Gasteiger partial charge is 0.494 e. The highest BCUT2D eigenvalue weighted by atomic mass is 19.4. The number of aliphatic hydroxyl groups excluding tert-OH is 1. The first-order valence-corrected chi connectivity index (χ1v) is 15.5. The van der Waals surface area contributed by atoms with Crippen LogP contribution in [0.4, 0.5) is 22.0 Å².